The molecule has 1 aliphatic rings. The van der Waals surface area contributed by atoms with Crippen molar-refractivity contribution in [2.24, 2.45) is 0 Å². The maximum absolute atomic E-state index is 6.30. The van der Waals surface area contributed by atoms with Crippen LogP contribution in [0.1, 0.15) is 33.4 Å². The monoisotopic (exact) mass is 449 g/mol. The van der Waals surface area contributed by atoms with Gasteiger partial charge in [0.2, 0.25) is 0 Å². The van der Waals surface area contributed by atoms with Gasteiger partial charge in [-0.3, -0.25) is 0 Å². The van der Waals surface area contributed by atoms with Crippen molar-refractivity contribution in [3.05, 3.63) is 161 Å². The molecule has 35 heavy (non-hydrogen) atoms. The normalized spacial score (nSPS) is 12.4. The highest BCUT2D eigenvalue weighted by Crippen LogP contribution is 2.42. The van der Waals surface area contributed by atoms with Crippen LogP contribution in [0.2, 0.25) is 0 Å². The van der Waals surface area contributed by atoms with E-state index in [0.29, 0.717) is 0 Å². The second-order valence-electron chi connectivity index (χ2n) is 9.13. The number of benzene rings is 5. The van der Waals surface area contributed by atoms with E-state index >= 15 is 0 Å². The van der Waals surface area contributed by atoms with Crippen molar-refractivity contribution < 1.29 is 0 Å². The Hall–Kier alpha value is -4.36. The van der Waals surface area contributed by atoms with E-state index in [4.69, 9.17) is 5.73 Å². The Morgan fingerprint density at radius 1 is 0.486 bits per heavy atom. The molecule has 0 atom stereocenters. The molecule has 0 unspecified atom stereocenters. The van der Waals surface area contributed by atoms with Crippen molar-refractivity contribution in [2.45, 2.75) is 12.8 Å². The van der Waals surface area contributed by atoms with Gasteiger partial charge in [0, 0.05) is 5.69 Å². The second kappa shape index (κ2) is 9.12. The van der Waals surface area contributed by atoms with Crippen LogP contribution in [0.3, 0.4) is 0 Å². The summed E-state index contributed by atoms with van der Waals surface area (Å²) in [6, 6.07) is 45.5. The highest BCUT2D eigenvalue weighted by atomic mass is 14.5. The van der Waals surface area contributed by atoms with Crippen molar-refractivity contribution in [3.8, 4) is 11.1 Å². The van der Waals surface area contributed by atoms with E-state index < -0.39 is 0 Å². The Kier molecular flexibility index (Phi) is 5.52. The number of hydrogen-bond donors (Lipinski definition) is 1. The zero-order valence-electron chi connectivity index (χ0n) is 19.6. The molecule has 6 rings (SSSR count). The number of aryl methyl sites for hydroxylation is 2. The summed E-state index contributed by atoms with van der Waals surface area (Å²) in [7, 11) is 0. The average Bonchev–Trinajstić information content (AvgIpc) is 3.07. The Morgan fingerprint density at radius 3 is 1.69 bits per heavy atom. The molecule has 0 aromatic heterocycles. The van der Waals surface area contributed by atoms with Gasteiger partial charge in [-0.15, -0.1) is 0 Å². The zero-order valence-corrected chi connectivity index (χ0v) is 19.6. The molecule has 1 aliphatic carbocycles. The minimum atomic E-state index is 0.775. The van der Waals surface area contributed by atoms with Gasteiger partial charge in [0.1, 0.15) is 0 Å². The molecular weight excluding hydrogens is 422 g/mol. The molecule has 5 aromatic rings. The molecule has 2 N–H and O–H groups in total. The molecule has 5 aromatic carbocycles. The van der Waals surface area contributed by atoms with Gasteiger partial charge < -0.3 is 5.73 Å². The minimum absolute atomic E-state index is 0.775. The van der Waals surface area contributed by atoms with Crippen LogP contribution in [0.5, 0.6) is 0 Å². The Labute approximate surface area is 207 Å². The summed E-state index contributed by atoms with van der Waals surface area (Å²) < 4.78 is 0. The first kappa shape index (κ1) is 21.2. The third-order valence-electron chi connectivity index (χ3n) is 6.94. The molecule has 0 saturated heterocycles. The van der Waals surface area contributed by atoms with E-state index in [1.807, 2.05) is 6.07 Å². The van der Waals surface area contributed by atoms with Crippen LogP contribution >= 0.6 is 0 Å². The van der Waals surface area contributed by atoms with Gasteiger partial charge >= 0.3 is 0 Å². The zero-order chi connectivity index (χ0) is 23.6. The fraction of sp³-hybridized carbons (Fsp3) is 0.0588. The summed E-state index contributed by atoms with van der Waals surface area (Å²) in [6.45, 7) is 0. The lowest BCUT2D eigenvalue weighted by Gasteiger charge is -2.20. The molecule has 1 nitrogen and oxygen atoms in total. The average molecular weight is 450 g/mol. The van der Waals surface area contributed by atoms with Crippen LogP contribution in [0.25, 0.3) is 22.3 Å². The van der Waals surface area contributed by atoms with Crippen LogP contribution < -0.4 is 5.73 Å². The van der Waals surface area contributed by atoms with Gasteiger partial charge in [0.15, 0.2) is 0 Å². The van der Waals surface area contributed by atoms with Crippen molar-refractivity contribution >= 4 is 16.8 Å². The summed E-state index contributed by atoms with van der Waals surface area (Å²) >= 11 is 0. The molecule has 0 spiro atoms. The van der Waals surface area contributed by atoms with E-state index in [1.165, 1.54) is 50.1 Å². The lowest BCUT2D eigenvalue weighted by Crippen LogP contribution is -2.00. The summed E-state index contributed by atoms with van der Waals surface area (Å²) in [5, 5.41) is 0. The van der Waals surface area contributed by atoms with Gasteiger partial charge in [0.05, 0.1) is 0 Å². The molecular formula is C34H27N. The summed E-state index contributed by atoms with van der Waals surface area (Å²) in [6.07, 6.45) is 2.07. The first-order chi connectivity index (χ1) is 17.3. The van der Waals surface area contributed by atoms with E-state index in [0.717, 1.165) is 24.1 Å². The largest absolute Gasteiger partial charge is 0.399 e. The number of rotatable bonds is 3. The summed E-state index contributed by atoms with van der Waals surface area (Å²) in [5.74, 6) is 0. The molecule has 0 amide bonds. The molecule has 0 aliphatic heterocycles. The molecule has 0 bridgehead atoms. The predicted molar refractivity (Wildman–Crippen MR) is 148 cm³/mol. The van der Waals surface area contributed by atoms with Gasteiger partial charge in [-0.05, 0) is 80.6 Å². The number of anilines is 1. The predicted octanol–water partition coefficient (Wildman–Crippen LogP) is 8.04. The van der Waals surface area contributed by atoms with Crippen LogP contribution in [0.15, 0.2) is 127 Å². The van der Waals surface area contributed by atoms with Gasteiger partial charge in [-0.1, -0.05) is 115 Å². The molecule has 0 heterocycles. The van der Waals surface area contributed by atoms with E-state index in [1.54, 1.807) is 0 Å². The van der Waals surface area contributed by atoms with Crippen LogP contribution in [0, 0.1) is 0 Å². The SMILES string of the molecule is Nc1cccc(C(=C2c3ccccc3CCc3ccccc32)c2ccc(-c3ccccc3)cc2)c1. The first-order valence-electron chi connectivity index (χ1n) is 12.2. The fourth-order valence-electron chi connectivity index (χ4n) is 5.26. The van der Waals surface area contributed by atoms with Crippen molar-refractivity contribution in [2.75, 3.05) is 5.73 Å². The topological polar surface area (TPSA) is 26.0 Å². The molecule has 168 valence electrons. The third kappa shape index (κ3) is 4.06. The number of hydrogen-bond acceptors (Lipinski definition) is 1. The van der Waals surface area contributed by atoms with Gasteiger partial charge in [-0.2, -0.15) is 0 Å². The second-order valence-corrected chi connectivity index (χ2v) is 9.13. The number of fused-ring (bicyclic) bond motifs is 2. The minimum Gasteiger partial charge on any atom is -0.399 e. The van der Waals surface area contributed by atoms with Gasteiger partial charge in [-0.25, -0.2) is 0 Å². The molecule has 1 heteroatoms. The van der Waals surface area contributed by atoms with Crippen molar-refractivity contribution in [1.82, 2.24) is 0 Å². The standard InChI is InChI=1S/C34H27N/c35-30-14-8-13-29(23-30)33(28-21-17-25(18-22-28)24-9-2-1-3-10-24)34-31-15-6-4-11-26(31)19-20-27-12-5-7-16-32(27)34/h1-18,21-23H,19-20,35H2. The molecule has 0 saturated carbocycles. The van der Waals surface area contributed by atoms with E-state index in [9.17, 15) is 0 Å². The smallest absolute Gasteiger partial charge is 0.0320 e. The Bertz CT molecular complexity index is 1480. The van der Waals surface area contributed by atoms with Gasteiger partial charge in [0.25, 0.3) is 0 Å². The number of nitrogen functional groups attached to an aromatic ring is 1. The molecule has 0 fully saturated rings. The molecule has 0 radical (unpaired) electrons. The van der Waals surface area contributed by atoms with Crippen LogP contribution in [-0.2, 0) is 12.8 Å². The fourth-order valence-corrected chi connectivity index (χ4v) is 5.26. The van der Waals surface area contributed by atoms with Crippen LogP contribution in [0.4, 0.5) is 5.69 Å². The quantitative estimate of drug-likeness (QED) is 0.277. The highest BCUT2D eigenvalue weighted by molar-refractivity contribution is 6.06. The van der Waals surface area contributed by atoms with E-state index in [-0.39, 0.29) is 0 Å². The summed E-state index contributed by atoms with van der Waals surface area (Å²) in [4.78, 5) is 0. The third-order valence-corrected chi connectivity index (χ3v) is 6.94. The van der Waals surface area contributed by atoms with Crippen LogP contribution in [-0.4, -0.2) is 0 Å². The lowest BCUT2D eigenvalue weighted by molar-refractivity contribution is 0.965. The number of nitrogens with two attached hydrogens (primary N) is 1. The Morgan fingerprint density at radius 2 is 1.06 bits per heavy atom. The Balaban J connectivity index is 1.66. The lowest BCUT2D eigenvalue weighted by atomic mass is 9.83. The maximum Gasteiger partial charge on any atom is 0.0320 e. The summed E-state index contributed by atoms with van der Waals surface area (Å²) in [5.41, 5.74) is 19.7. The van der Waals surface area contributed by atoms with Crippen molar-refractivity contribution in [3.63, 3.8) is 0 Å². The van der Waals surface area contributed by atoms with E-state index in [2.05, 4.69) is 121 Å². The maximum atomic E-state index is 6.30. The highest BCUT2D eigenvalue weighted by Gasteiger charge is 2.23. The first-order valence-corrected chi connectivity index (χ1v) is 12.2. The van der Waals surface area contributed by atoms with Crippen molar-refractivity contribution in [1.29, 1.82) is 0 Å².